The lowest BCUT2D eigenvalue weighted by Crippen LogP contribution is -1.91. The number of anilines is 1. The fraction of sp³-hybridized carbons (Fsp3) is 0.200. The molecular formula is C10H13NO. The molecule has 0 bridgehead atoms. The number of aryl methyl sites for hydroxylation is 1. The standard InChI is InChI=1S/C10H13NO/c1-4-11-10-6-5-9(12-3)7-8(10)2/h4-7,11H,1H2,2-3H3. The SMILES string of the molecule is C=CNc1ccc(OC)cc1C. The molecule has 0 aliphatic heterocycles. The second-order valence-corrected chi connectivity index (χ2v) is 2.53. The van der Waals surface area contributed by atoms with Gasteiger partial charge in [-0.25, -0.2) is 0 Å². The van der Waals surface area contributed by atoms with E-state index in [0.29, 0.717) is 0 Å². The third-order valence-corrected chi connectivity index (χ3v) is 1.69. The zero-order valence-corrected chi connectivity index (χ0v) is 7.42. The van der Waals surface area contributed by atoms with Crippen molar-refractivity contribution in [2.75, 3.05) is 12.4 Å². The van der Waals surface area contributed by atoms with Crippen LogP contribution in [-0.4, -0.2) is 7.11 Å². The molecule has 0 heterocycles. The average Bonchev–Trinajstić information content (AvgIpc) is 2.09. The van der Waals surface area contributed by atoms with Crippen LogP contribution < -0.4 is 10.1 Å². The summed E-state index contributed by atoms with van der Waals surface area (Å²) in [6.45, 7) is 5.62. The second-order valence-electron chi connectivity index (χ2n) is 2.53. The van der Waals surface area contributed by atoms with Crippen molar-refractivity contribution in [3.63, 3.8) is 0 Å². The Labute approximate surface area is 72.9 Å². The minimum atomic E-state index is 0.877. The first-order valence-corrected chi connectivity index (χ1v) is 3.80. The first-order chi connectivity index (χ1) is 5.77. The van der Waals surface area contributed by atoms with E-state index in [9.17, 15) is 0 Å². The minimum Gasteiger partial charge on any atom is -0.497 e. The summed E-state index contributed by atoms with van der Waals surface area (Å²) in [5.41, 5.74) is 2.21. The number of hydrogen-bond donors (Lipinski definition) is 1. The summed E-state index contributed by atoms with van der Waals surface area (Å²) >= 11 is 0. The molecule has 0 aromatic heterocycles. The maximum atomic E-state index is 5.07. The Bertz CT molecular complexity index is 281. The average molecular weight is 163 g/mol. The first kappa shape index (κ1) is 8.65. The van der Waals surface area contributed by atoms with Crippen LogP contribution >= 0.6 is 0 Å². The molecule has 0 aliphatic rings. The van der Waals surface area contributed by atoms with Gasteiger partial charge in [-0.2, -0.15) is 0 Å². The highest BCUT2D eigenvalue weighted by Crippen LogP contribution is 2.20. The maximum Gasteiger partial charge on any atom is 0.119 e. The summed E-state index contributed by atoms with van der Waals surface area (Å²) in [4.78, 5) is 0. The Morgan fingerprint density at radius 2 is 2.25 bits per heavy atom. The number of benzene rings is 1. The fourth-order valence-electron chi connectivity index (χ4n) is 1.04. The molecule has 1 rings (SSSR count). The number of hydrogen-bond acceptors (Lipinski definition) is 2. The predicted octanol–water partition coefficient (Wildman–Crippen LogP) is 2.56. The van der Waals surface area contributed by atoms with Gasteiger partial charge in [0.1, 0.15) is 5.75 Å². The monoisotopic (exact) mass is 163 g/mol. The van der Waals surface area contributed by atoms with Crippen molar-refractivity contribution in [1.29, 1.82) is 0 Å². The van der Waals surface area contributed by atoms with Crippen LogP contribution in [0.3, 0.4) is 0 Å². The van der Waals surface area contributed by atoms with E-state index in [0.717, 1.165) is 17.0 Å². The molecule has 0 saturated heterocycles. The van der Waals surface area contributed by atoms with Gasteiger partial charge >= 0.3 is 0 Å². The maximum absolute atomic E-state index is 5.07. The van der Waals surface area contributed by atoms with Crippen molar-refractivity contribution in [3.05, 3.63) is 36.5 Å². The smallest absolute Gasteiger partial charge is 0.119 e. The van der Waals surface area contributed by atoms with Gasteiger partial charge in [0, 0.05) is 5.69 Å². The molecule has 64 valence electrons. The molecule has 0 aliphatic carbocycles. The van der Waals surface area contributed by atoms with Crippen LogP contribution in [0.1, 0.15) is 5.56 Å². The van der Waals surface area contributed by atoms with Crippen LogP contribution in [0.25, 0.3) is 0 Å². The van der Waals surface area contributed by atoms with E-state index in [-0.39, 0.29) is 0 Å². The van der Waals surface area contributed by atoms with E-state index >= 15 is 0 Å². The lowest BCUT2D eigenvalue weighted by atomic mass is 10.2. The van der Waals surface area contributed by atoms with Crippen molar-refractivity contribution >= 4 is 5.69 Å². The van der Waals surface area contributed by atoms with Crippen LogP contribution in [0.5, 0.6) is 5.75 Å². The molecule has 12 heavy (non-hydrogen) atoms. The topological polar surface area (TPSA) is 21.3 Å². The third-order valence-electron chi connectivity index (χ3n) is 1.69. The first-order valence-electron chi connectivity index (χ1n) is 3.80. The third kappa shape index (κ3) is 1.78. The van der Waals surface area contributed by atoms with Gasteiger partial charge in [-0.15, -0.1) is 0 Å². The minimum absolute atomic E-state index is 0.877. The van der Waals surface area contributed by atoms with E-state index in [1.807, 2.05) is 25.1 Å². The van der Waals surface area contributed by atoms with Crippen LogP contribution in [0.4, 0.5) is 5.69 Å². The Morgan fingerprint density at radius 1 is 1.50 bits per heavy atom. The molecule has 1 aromatic rings. The van der Waals surface area contributed by atoms with E-state index in [1.165, 1.54) is 0 Å². The number of methoxy groups -OCH3 is 1. The molecule has 0 unspecified atom stereocenters. The Morgan fingerprint density at radius 3 is 2.75 bits per heavy atom. The molecule has 0 atom stereocenters. The molecule has 0 saturated carbocycles. The van der Waals surface area contributed by atoms with Gasteiger partial charge in [-0.05, 0) is 36.9 Å². The summed E-state index contributed by atoms with van der Waals surface area (Å²) in [5.74, 6) is 0.877. The van der Waals surface area contributed by atoms with Crippen LogP contribution in [0, 0.1) is 6.92 Å². The van der Waals surface area contributed by atoms with Gasteiger partial charge in [0.15, 0.2) is 0 Å². The van der Waals surface area contributed by atoms with Gasteiger partial charge in [-0.1, -0.05) is 6.58 Å². The van der Waals surface area contributed by atoms with Crippen LogP contribution in [0.15, 0.2) is 31.0 Å². The highest BCUT2D eigenvalue weighted by molar-refractivity contribution is 5.54. The lowest BCUT2D eigenvalue weighted by molar-refractivity contribution is 0.414. The van der Waals surface area contributed by atoms with Crippen LogP contribution in [0.2, 0.25) is 0 Å². The molecule has 1 N–H and O–H groups in total. The molecule has 0 radical (unpaired) electrons. The van der Waals surface area contributed by atoms with Crippen molar-refractivity contribution < 1.29 is 4.74 Å². The summed E-state index contributed by atoms with van der Waals surface area (Å²) in [5, 5.41) is 3.04. The highest BCUT2D eigenvalue weighted by atomic mass is 16.5. The number of rotatable bonds is 3. The second kappa shape index (κ2) is 3.81. The summed E-state index contributed by atoms with van der Waals surface area (Å²) in [7, 11) is 1.66. The van der Waals surface area contributed by atoms with Crippen LogP contribution in [-0.2, 0) is 0 Å². The normalized spacial score (nSPS) is 9.17. The number of nitrogens with one attached hydrogen (secondary N) is 1. The molecule has 0 amide bonds. The van der Waals surface area contributed by atoms with E-state index < -0.39 is 0 Å². The van der Waals surface area contributed by atoms with Gasteiger partial charge in [0.05, 0.1) is 7.11 Å². The number of ether oxygens (including phenoxy) is 1. The summed E-state index contributed by atoms with van der Waals surface area (Å²) in [6, 6.07) is 5.86. The Kier molecular flexibility index (Phi) is 2.75. The zero-order chi connectivity index (χ0) is 8.97. The summed E-state index contributed by atoms with van der Waals surface area (Å²) < 4.78 is 5.07. The molecule has 1 aromatic carbocycles. The Hall–Kier alpha value is -1.44. The Balaban J connectivity index is 2.94. The van der Waals surface area contributed by atoms with Crippen molar-refractivity contribution in [2.24, 2.45) is 0 Å². The summed E-state index contributed by atoms with van der Waals surface area (Å²) in [6.07, 6.45) is 1.66. The molecule has 0 fully saturated rings. The predicted molar refractivity (Wildman–Crippen MR) is 51.6 cm³/mol. The van der Waals surface area contributed by atoms with Crippen molar-refractivity contribution in [1.82, 2.24) is 0 Å². The van der Waals surface area contributed by atoms with Gasteiger partial charge in [-0.3, -0.25) is 0 Å². The van der Waals surface area contributed by atoms with Gasteiger partial charge in [0.2, 0.25) is 0 Å². The van der Waals surface area contributed by atoms with E-state index in [1.54, 1.807) is 13.3 Å². The van der Waals surface area contributed by atoms with E-state index in [4.69, 9.17) is 4.74 Å². The highest BCUT2D eigenvalue weighted by Gasteiger charge is 1.96. The van der Waals surface area contributed by atoms with Crippen molar-refractivity contribution in [3.8, 4) is 5.75 Å². The fourth-order valence-corrected chi connectivity index (χ4v) is 1.04. The molecular weight excluding hydrogens is 150 g/mol. The largest absolute Gasteiger partial charge is 0.497 e. The molecule has 2 heteroatoms. The van der Waals surface area contributed by atoms with E-state index in [2.05, 4.69) is 11.9 Å². The van der Waals surface area contributed by atoms with Gasteiger partial charge < -0.3 is 10.1 Å². The quantitative estimate of drug-likeness (QED) is 0.739. The molecule has 2 nitrogen and oxygen atoms in total. The lowest BCUT2D eigenvalue weighted by Gasteiger charge is -2.06. The zero-order valence-electron chi connectivity index (χ0n) is 7.42. The van der Waals surface area contributed by atoms with Crippen molar-refractivity contribution in [2.45, 2.75) is 6.92 Å². The van der Waals surface area contributed by atoms with Gasteiger partial charge in [0.25, 0.3) is 0 Å². The molecule has 0 spiro atoms.